The molecule has 11 heteroatoms. The first-order valence-corrected chi connectivity index (χ1v) is 12.2. The number of rotatable bonds is 12. The molecule has 0 saturated carbocycles. The predicted molar refractivity (Wildman–Crippen MR) is 126 cm³/mol. The number of anilines is 2. The highest BCUT2D eigenvalue weighted by Crippen LogP contribution is 2.27. The Morgan fingerprint density at radius 3 is 2.71 bits per heavy atom. The fourth-order valence-corrected chi connectivity index (χ4v) is 5.03. The average Bonchev–Trinajstić information content (AvgIpc) is 3.45. The molecule has 2 heterocycles. The second-order valence-corrected chi connectivity index (χ2v) is 9.61. The Hall–Kier alpha value is -2.63. The molecule has 0 spiro atoms. The van der Waals surface area contributed by atoms with Crippen LogP contribution in [0.25, 0.3) is 0 Å². The van der Waals surface area contributed by atoms with Gasteiger partial charge in [0.2, 0.25) is 16.9 Å². The van der Waals surface area contributed by atoms with E-state index in [1.807, 2.05) is 6.07 Å². The van der Waals surface area contributed by atoms with Gasteiger partial charge in [0.05, 0.1) is 12.9 Å². The Labute approximate surface area is 192 Å². The number of hydrogen-bond acceptors (Lipinski definition) is 9. The minimum absolute atomic E-state index is 0.0829. The normalized spacial score (nSPS) is 10.6. The van der Waals surface area contributed by atoms with Crippen molar-refractivity contribution in [3.05, 3.63) is 46.7 Å². The number of nitrogens with zero attached hydrogens (tertiary/aromatic N) is 3. The van der Waals surface area contributed by atoms with Crippen LogP contribution in [0, 0.1) is 0 Å². The van der Waals surface area contributed by atoms with Crippen LogP contribution in [0.5, 0.6) is 5.75 Å². The molecule has 8 nitrogen and oxygen atoms in total. The molecule has 164 valence electrons. The molecular weight excluding hydrogens is 454 g/mol. The van der Waals surface area contributed by atoms with Crippen molar-refractivity contribution in [1.82, 2.24) is 10.2 Å². The van der Waals surface area contributed by atoms with E-state index in [1.54, 1.807) is 47.6 Å². The van der Waals surface area contributed by atoms with Crippen LogP contribution in [0.2, 0.25) is 0 Å². The number of hydrogen-bond donors (Lipinski definition) is 2. The summed E-state index contributed by atoms with van der Waals surface area (Å²) in [6.45, 7) is 0.990. The molecule has 0 aliphatic heterocycles. The van der Waals surface area contributed by atoms with Gasteiger partial charge < -0.3 is 20.7 Å². The lowest BCUT2D eigenvalue weighted by Gasteiger charge is -2.22. The number of thioether (sulfide) groups is 1. The van der Waals surface area contributed by atoms with Crippen LogP contribution in [0.3, 0.4) is 0 Å². The summed E-state index contributed by atoms with van der Waals surface area (Å²) in [4.78, 5) is 27.0. The minimum Gasteiger partial charge on any atom is -0.497 e. The van der Waals surface area contributed by atoms with E-state index in [0.29, 0.717) is 15.8 Å². The first-order valence-electron chi connectivity index (χ1n) is 9.50. The molecule has 0 aliphatic rings. The summed E-state index contributed by atoms with van der Waals surface area (Å²) in [5.74, 6) is 0.266. The Morgan fingerprint density at radius 2 is 2.03 bits per heavy atom. The van der Waals surface area contributed by atoms with E-state index in [2.05, 4.69) is 27.0 Å². The monoisotopic (exact) mass is 477 g/mol. The van der Waals surface area contributed by atoms with E-state index in [4.69, 9.17) is 10.5 Å². The topological polar surface area (TPSA) is 110 Å². The van der Waals surface area contributed by atoms with Gasteiger partial charge in [-0.3, -0.25) is 9.59 Å². The van der Waals surface area contributed by atoms with E-state index < -0.39 is 5.91 Å². The quantitative estimate of drug-likeness (QED) is 0.385. The Kier molecular flexibility index (Phi) is 8.68. The predicted octanol–water partition coefficient (Wildman–Crippen LogP) is 3.26. The fraction of sp³-hybridized carbons (Fsp3) is 0.300. The number of amides is 2. The highest BCUT2D eigenvalue weighted by Gasteiger charge is 2.18. The van der Waals surface area contributed by atoms with Crippen LogP contribution in [0.1, 0.15) is 11.3 Å². The summed E-state index contributed by atoms with van der Waals surface area (Å²) in [5.41, 5.74) is 5.96. The third kappa shape index (κ3) is 7.23. The van der Waals surface area contributed by atoms with Crippen LogP contribution in [-0.2, 0) is 16.0 Å². The number of carbonyl (C=O) groups is 2. The summed E-state index contributed by atoms with van der Waals surface area (Å²) in [6, 6.07) is 11.2. The zero-order valence-corrected chi connectivity index (χ0v) is 19.4. The van der Waals surface area contributed by atoms with E-state index in [-0.39, 0.29) is 24.6 Å². The van der Waals surface area contributed by atoms with Crippen LogP contribution in [0.15, 0.2) is 46.1 Å². The van der Waals surface area contributed by atoms with Gasteiger partial charge in [-0.2, -0.15) is 0 Å². The van der Waals surface area contributed by atoms with E-state index >= 15 is 0 Å². The van der Waals surface area contributed by atoms with Gasteiger partial charge in [-0.25, -0.2) is 0 Å². The Bertz CT molecular complexity index is 976. The number of carbonyl (C=O) groups excluding carboxylic acids is 2. The first-order chi connectivity index (χ1) is 15.0. The second kappa shape index (κ2) is 11.7. The molecule has 0 atom stereocenters. The molecule has 3 N–H and O–H groups in total. The highest BCUT2D eigenvalue weighted by atomic mass is 32.2. The Morgan fingerprint density at radius 1 is 1.23 bits per heavy atom. The third-order valence-electron chi connectivity index (χ3n) is 4.22. The highest BCUT2D eigenvalue weighted by molar-refractivity contribution is 8.01. The van der Waals surface area contributed by atoms with Gasteiger partial charge in [-0.05, 0) is 42.1 Å². The standard InChI is InChI=1S/C20H23N5O3S3/c1-28-15-6-4-14(5-7-15)25(11-9-17(21)26)18(27)13-30-20-24-23-19(31-20)22-10-8-16-3-2-12-29-16/h2-7,12H,8-11,13H2,1H3,(H2,21,26)(H,22,23). The zero-order chi connectivity index (χ0) is 22.1. The maximum atomic E-state index is 12.9. The number of primary amides is 1. The van der Waals surface area contributed by atoms with E-state index in [1.165, 1.54) is 28.0 Å². The van der Waals surface area contributed by atoms with Crippen LogP contribution >= 0.6 is 34.4 Å². The van der Waals surface area contributed by atoms with Gasteiger partial charge >= 0.3 is 0 Å². The molecular formula is C20H23N5O3S3. The molecule has 3 rings (SSSR count). The van der Waals surface area contributed by atoms with Gasteiger partial charge in [0.15, 0.2) is 4.34 Å². The summed E-state index contributed by atoms with van der Waals surface area (Å²) in [6.07, 6.45) is 1.01. The largest absolute Gasteiger partial charge is 0.497 e. The molecule has 1 aromatic carbocycles. The summed E-state index contributed by atoms with van der Waals surface area (Å²) in [5, 5.41) is 14.3. The van der Waals surface area contributed by atoms with Crippen molar-refractivity contribution in [3.8, 4) is 5.75 Å². The molecule has 0 unspecified atom stereocenters. The SMILES string of the molecule is COc1ccc(N(CCC(N)=O)C(=O)CSc2nnc(NCCc3cccs3)s2)cc1. The van der Waals surface area contributed by atoms with Crippen molar-refractivity contribution in [2.75, 3.05) is 36.2 Å². The van der Waals surface area contributed by atoms with Gasteiger partial charge in [0, 0.05) is 30.1 Å². The molecule has 2 amide bonds. The number of methoxy groups -OCH3 is 1. The lowest BCUT2D eigenvalue weighted by Crippen LogP contribution is -2.35. The third-order valence-corrected chi connectivity index (χ3v) is 7.16. The maximum Gasteiger partial charge on any atom is 0.237 e. The summed E-state index contributed by atoms with van der Waals surface area (Å²) in [7, 11) is 1.58. The number of benzene rings is 1. The molecule has 0 saturated heterocycles. The van der Waals surface area contributed by atoms with E-state index in [9.17, 15) is 9.59 Å². The van der Waals surface area contributed by atoms with Crippen molar-refractivity contribution in [2.24, 2.45) is 5.73 Å². The smallest absolute Gasteiger partial charge is 0.237 e. The average molecular weight is 478 g/mol. The van der Waals surface area contributed by atoms with Gasteiger partial charge in [0.25, 0.3) is 0 Å². The number of aromatic nitrogens is 2. The Balaban J connectivity index is 1.54. The van der Waals surface area contributed by atoms with Crippen molar-refractivity contribution in [1.29, 1.82) is 0 Å². The first kappa shape index (κ1) is 23.0. The molecule has 0 radical (unpaired) electrons. The molecule has 2 aromatic heterocycles. The number of nitrogens with one attached hydrogen (secondary N) is 1. The summed E-state index contributed by atoms with van der Waals surface area (Å²) >= 11 is 4.46. The number of ether oxygens (including phenoxy) is 1. The van der Waals surface area contributed by atoms with Crippen LogP contribution < -0.4 is 20.7 Å². The van der Waals surface area contributed by atoms with Crippen molar-refractivity contribution in [3.63, 3.8) is 0 Å². The number of thiophene rings is 1. The van der Waals surface area contributed by atoms with Gasteiger partial charge in [0.1, 0.15) is 5.75 Å². The van der Waals surface area contributed by atoms with Crippen LogP contribution in [-0.4, -0.2) is 48.0 Å². The zero-order valence-electron chi connectivity index (χ0n) is 16.9. The van der Waals surface area contributed by atoms with Gasteiger partial charge in [-0.15, -0.1) is 21.5 Å². The van der Waals surface area contributed by atoms with Crippen molar-refractivity contribution in [2.45, 2.75) is 17.2 Å². The van der Waals surface area contributed by atoms with Crippen molar-refractivity contribution < 1.29 is 14.3 Å². The van der Waals surface area contributed by atoms with Crippen LogP contribution in [0.4, 0.5) is 10.8 Å². The number of nitrogens with two attached hydrogens (primary N) is 1. The van der Waals surface area contributed by atoms with Gasteiger partial charge in [-0.1, -0.05) is 29.2 Å². The lowest BCUT2D eigenvalue weighted by atomic mass is 10.2. The molecule has 0 fully saturated rings. The minimum atomic E-state index is -0.457. The lowest BCUT2D eigenvalue weighted by molar-refractivity contribution is -0.118. The van der Waals surface area contributed by atoms with Crippen molar-refractivity contribution >= 4 is 57.1 Å². The summed E-state index contributed by atoms with van der Waals surface area (Å²) < 4.78 is 5.87. The second-order valence-electron chi connectivity index (χ2n) is 6.38. The molecule has 0 bridgehead atoms. The molecule has 3 aromatic rings. The molecule has 0 aliphatic carbocycles. The van der Waals surface area contributed by atoms with E-state index in [0.717, 1.165) is 18.1 Å². The fourth-order valence-electron chi connectivity index (χ4n) is 2.67. The molecule has 31 heavy (non-hydrogen) atoms. The maximum absolute atomic E-state index is 12.9.